The second kappa shape index (κ2) is 4.96. The van der Waals surface area contributed by atoms with Crippen LogP contribution in [0.5, 0.6) is 0 Å². The van der Waals surface area contributed by atoms with E-state index in [1.165, 1.54) is 35.6 Å². The number of para-hydroxylation sites is 4. The molecule has 1 heterocycles. The number of nitrogens with zero attached hydrogens (tertiary/aromatic N) is 2. The number of rotatable bonds is 3. The fraction of sp³-hybridized carbons (Fsp3) is 0.294. The largest absolute Gasteiger partial charge is 0.341 e. The molecule has 0 fully saturated rings. The Labute approximate surface area is 115 Å². The smallest absolute Gasteiger partial charge is 0.0652 e. The fourth-order valence-electron chi connectivity index (χ4n) is 2.77. The van der Waals surface area contributed by atoms with Gasteiger partial charge in [-0.15, -0.1) is 0 Å². The highest BCUT2D eigenvalue weighted by atomic mass is 15.3. The molecule has 2 aromatic rings. The maximum Gasteiger partial charge on any atom is 0.0652 e. The van der Waals surface area contributed by atoms with Crippen LogP contribution in [0.15, 0.2) is 48.5 Å². The first-order valence-corrected chi connectivity index (χ1v) is 7.02. The van der Waals surface area contributed by atoms with Gasteiger partial charge in [-0.1, -0.05) is 37.6 Å². The second-order valence-corrected chi connectivity index (χ2v) is 5.04. The van der Waals surface area contributed by atoms with Gasteiger partial charge in [-0.3, -0.25) is 0 Å². The Kier molecular flexibility index (Phi) is 3.16. The van der Waals surface area contributed by atoms with Crippen LogP contribution in [0, 0.1) is 0 Å². The van der Waals surface area contributed by atoms with Gasteiger partial charge in [0.05, 0.1) is 22.7 Å². The highest BCUT2D eigenvalue weighted by Crippen LogP contribution is 2.46. The van der Waals surface area contributed by atoms with Crippen LogP contribution in [0.3, 0.4) is 0 Å². The highest BCUT2D eigenvalue weighted by Gasteiger charge is 2.24. The summed E-state index contributed by atoms with van der Waals surface area (Å²) in [5, 5.41) is 0. The molecule has 0 aromatic heterocycles. The number of unbranched alkanes of at least 4 members (excludes halogenated alkanes) is 1. The zero-order chi connectivity index (χ0) is 13.2. The van der Waals surface area contributed by atoms with Crippen LogP contribution in [0.2, 0.25) is 0 Å². The Morgan fingerprint density at radius 3 is 1.74 bits per heavy atom. The monoisotopic (exact) mass is 252 g/mol. The Bertz CT molecular complexity index is 529. The molecule has 0 spiro atoms. The van der Waals surface area contributed by atoms with Gasteiger partial charge in [-0.05, 0) is 30.7 Å². The minimum atomic E-state index is 1.08. The fourth-order valence-corrected chi connectivity index (χ4v) is 2.77. The lowest BCUT2D eigenvalue weighted by Gasteiger charge is -2.38. The van der Waals surface area contributed by atoms with Crippen molar-refractivity contribution in [2.75, 3.05) is 23.4 Å². The number of hydrogen-bond donors (Lipinski definition) is 0. The summed E-state index contributed by atoms with van der Waals surface area (Å²) >= 11 is 0. The average molecular weight is 252 g/mol. The van der Waals surface area contributed by atoms with E-state index in [4.69, 9.17) is 0 Å². The highest BCUT2D eigenvalue weighted by molar-refractivity contribution is 5.92. The van der Waals surface area contributed by atoms with Crippen molar-refractivity contribution in [3.05, 3.63) is 48.5 Å². The third kappa shape index (κ3) is 1.97. The molecule has 2 nitrogen and oxygen atoms in total. The van der Waals surface area contributed by atoms with Crippen molar-refractivity contribution in [1.29, 1.82) is 0 Å². The van der Waals surface area contributed by atoms with Crippen LogP contribution in [0.1, 0.15) is 19.8 Å². The van der Waals surface area contributed by atoms with E-state index in [1.54, 1.807) is 0 Å². The number of fused-ring (bicyclic) bond motifs is 2. The molecule has 1 aliphatic heterocycles. The van der Waals surface area contributed by atoms with Gasteiger partial charge in [0, 0.05) is 13.6 Å². The molecule has 0 N–H and O–H groups in total. The van der Waals surface area contributed by atoms with Crippen LogP contribution in [-0.4, -0.2) is 13.6 Å². The van der Waals surface area contributed by atoms with E-state index >= 15 is 0 Å². The van der Waals surface area contributed by atoms with Crippen molar-refractivity contribution in [1.82, 2.24) is 0 Å². The topological polar surface area (TPSA) is 6.48 Å². The number of benzene rings is 2. The summed E-state index contributed by atoms with van der Waals surface area (Å²) in [4.78, 5) is 4.74. The molecular formula is C17H20N2. The first-order valence-electron chi connectivity index (χ1n) is 7.02. The summed E-state index contributed by atoms with van der Waals surface area (Å²) < 4.78 is 0. The summed E-state index contributed by atoms with van der Waals surface area (Å²) in [5.74, 6) is 0. The molecule has 0 saturated heterocycles. The lowest BCUT2D eigenvalue weighted by molar-refractivity contribution is 0.782. The van der Waals surface area contributed by atoms with Gasteiger partial charge in [0.2, 0.25) is 0 Å². The van der Waals surface area contributed by atoms with Crippen LogP contribution in [-0.2, 0) is 0 Å². The minimum absolute atomic E-state index is 1.08. The van der Waals surface area contributed by atoms with E-state index in [9.17, 15) is 0 Å². The molecule has 2 aromatic carbocycles. The minimum Gasteiger partial charge on any atom is -0.341 e. The molecule has 19 heavy (non-hydrogen) atoms. The lowest BCUT2D eigenvalue weighted by Crippen LogP contribution is -2.27. The molecule has 2 heteroatoms. The predicted molar refractivity (Wildman–Crippen MR) is 82.9 cm³/mol. The number of hydrogen-bond acceptors (Lipinski definition) is 2. The van der Waals surface area contributed by atoms with E-state index in [0.717, 1.165) is 6.54 Å². The summed E-state index contributed by atoms with van der Waals surface area (Å²) in [6, 6.07) is 17.3. The predicted octanol–water partition coefficient (Wildman–Crippen LogP) is 4.71. The average Bonchev–Trinajstić information content (AvgIpc) is 2.47. The molecule has 0 saturated carbocycles. The molecule has 0 amide bonds. The molecule has 0 radical (unpaired) electrons. The summed E-state index contributed by atoms with van der Waals surface area (Å²) in [6.45, 7) is 3.33. The molecular weight excluding hydrogens is 232 g/mol. The van der Waals surface area contributed by atoms with Gasteiger partial charge < -0.3 is 9.80 Å². The van der Waals surface area contributed by atoms with Crippen molar-refractivity contribution in [2.45, 2.75) is 19.8 Å². The van der Waals surface area contributed by atoms with E-state index in [-0.39, 0.29) is 0 Å². The van der Waals surface area contributed by atoms with E-state index in [1.807, 2.05) is 0 Å². The first-order chi connectivity index (χ1) is 9.33. The van der Waals surface area contributed by atoms with Gasteiger partial charge in [-0.25, -0.2) is 0 Å². The maximum absolute atomic E-state index is 2.45. The Morgan fingerprint density at radius 2 is 1.26 bits per heavy atom. The van der Waals surface area contributed by atoms with Crippen molar-refractivity contribution < 1.29 is 0 Å². The second-order valence-electron chi connectivity index (χ2n) is 5.04. The van der Waals surface area contributed by atoms with Crippen LogP contribution in [0.4, 0.5) is 22.7 Å². The summed E-state index contributed by atoms with van der Waals surface area (Å²) in [7, 11) is 2.15. The molecule has 3 rings (SSSR count). The van der Waals surface area contributed by atoms with Crippen molar-refractivity contribution in [2.24, 2.45) is 0 Å². The SMILES string of the molecule is CCCCN1c2ccccc2N(C)c2ccccc21. The standard InChI is InChI=1S/C17H20N2/c1-3-4-13-19-16-11-7-5-9-14(16)18(2)15-10-6-8-12-17(15)19/h5-12H,3-4,13H2,1-2H3. The lowest BCUT2D eigenvalue weighted by atomic mass is 10.1. The van der Waals surface area contributed by atoms with Gasteiger partial charge >= 0.3 is 0 Å². The quantitative estimate of drug-likeness (QED) is 0.780. The number of anilines is 4. The van der Waals surface area contributed by atoms with Gasteiger partial charge in [0.1, 0.15) is 0 Å². The molecule has 0 unspecified atom stereocenters. The van der Waals surface area contributed by atoms with E-state index in [0.29, 0.717) is 0 Å². The third-order valence-electron chi connectivity index (χ3n) is 3.80. The molecule has 98 valence electrons. The molecule has 0 aliphatic carbocycles. The first kappa shape index (κ1) is 12.1. The summed E-state index contributed by atoms with van der Waals surface area (Å²) in [5.41, 5.74) is 5.21. The Morgan fingerprint density at radius 1 is 0.789 bits per heavy atom. The van der Waals surface area contributed by atoms with Gasteiger partial charge in [0.25, 0.3) is 0 Å². The molecule has 1 aliphatic rings. The molecule has 0 bridgehead atoms. The van der Waals surface area contributed by atoms with Crippen LogP contribution < -0.4 is 9.80 Å². The van der Waals surface area contributed by atoms with E-state index in [2.05, 4.69) is 72.3 Å². The van der Waals surface area contributed by atoms with Gasteiger partial charge in [-0.2, -0.15) is 0 Å². The zero-order valence-electron chi connectivity index (χ0n) is 11.6. The van der Waals surface area contributed by atoms with Crippen molar-refractivity contribution >= 4 is 22.7 Å². The summed E-state index contributed by atoms with van der Waals surface area (Å²) in [6.07, 6.45) is 2.43. The third-order valence-corrected chi connectivity index (χ3v) is 3.80. The van der Waals surface area contributed by atoms with Crippen molar-refractivity contribution in [3.63, 3.8) is 0 Å². The van der Waals surface area contributed by atoms with Crippen LogP contribution in [0.25, 0.3) is 0 Å². The van der Waals surface area contributed by atoms with Crippen LogP contribution >= 0.6 is 0 Å². The van der Waals surface area contributed by atoms with E-state index < -0.39 is 0 Å². The zero-order valence-corrected chi connectivity index (χ0v) is 11.6. The molecule has 0 atom stereocenters. The van der Waals surface area contributed by atoms with Crippen molar-refractivity contribution in [3.8, 4) is 0 Å². The Hall–Kier alpha value is -1.96. The van der Waals surface area contributed by atoms with Gasteiger partial charge in [0.15, 0.2) is 0 Å². The maximum atomic E-state index is 2.45. The Balaban J connectivity index is 2.12. The normalized spacial score (nSPS) is 13.2.